The third kappa shape index (κ3) is 6.89. The van der Waals surface area contributed by atoms with Crippen molar-refractivity contribution in [1.29, 1.82) is 0 Å². The van der Waals surface area contributed by atoms with Gasteiger partial charge in [0.2, 0.25) is 5.91 Å². The van der Waals surface area contributed by atoms with Gasteiger partial charge in [0.15, 0.2) is 0 Å². The number of amides is 1. The second-order valence-corrected chi connectivity index (χ2v) is 4.05. The van der Waals surface area contributed by atoms with Crippen LogP contribution in [0, 0.1) is 0 Å². The summed E-state index contributed by atoms with van der Waals surface area (Å²) in [5.41, 5.74) is 4.76. The second kappa shape index (κ2) is 7.80. The molecule has 1 aliphatic heterocycles. The standard InChI is InChI=1S/C7H15N.C4H9NO/c1-7(2)8-5-3-4-6-8;1-2-3-4(5)6/h7H,3-6H2,1-2H3;2-3H2,1H3,(H2,5,6). The topological polar surface area (TPSA) is 46.3 Å². The monoisotopic (exact) mass is 200 g/mol. The summed E-state index contributed by atoms with van der Waals surface area (Å²) in [5.74, 6) is -0.211. The Bertz CT molecular complexity index is 151. The van der Waals surface area contributed by atoms with Crippen LogP contribution in [0.15, 0.2) is 0 Å². The molecule has 0 aromatic heterocycles. The summed E-state index contributed by atoms with van der Waals surface area (Å²) in [6.07, 6.45) is 4.20. The molecule has 84 valence electrons. The molecule has 0 aliphatic carbocycles. The third-order valence-electron chi connectivity index (χ3n) is 2.37. The Morgan fingerprint density at radius 1 is 1.36 bits per heavy atom. The first-order valence-electron chi connectivity index (χ1n) is 5.60. The van der Waals surface area contributed by atoms with Gasteiger partial charge in [-0.15, -0.1) is 0 Å². The van der Waals surface area contributed by atoms with Crippen LogP contribution in [0.5, 0.6) is 0 Å². The highest BCUT2D eigenvalue weighted by Crippen LogP contribution is 2.09. The molecule has 0 radical (unpaired) electrons. The van der Waals surface area contributed by atoms with Crippen molar-refractivity contribution in [3.8, 4) is 0 Å². The first-order chi connectivity index (χ1) is 6.57. The molecule has 14 heavy (non-hydrogen) atoms. The zero-order valence-electron chi connectivity index (χ0n) is 9.75. The van der Waals surface area contributed by atoms with E-state index in [0.29, 0.717) is 6.42 Å². The van der Waals surface area contributed by atoms with Crippen LogP contribution >= 0.6 is 0 Å². The van der Waals surface area contributed by atoms with Crippen molar-refractivity contribution in [1.82, 2.24) is 4.90 Å². The number of nitrogens with zero attached hydrogens (tertiary/aromatic N) is 1. The SMILES string of the molecule is CC(C)N1CCCC1.CCCC(N)=O. The van der Waals surface area contributed by atoms with Crippen molar-refractivity contribution in [3.63, 3.8) is 0 Å². The fourth-order valence-electron chi connectivity index (χ4n) is 1.50. The number of rotatable bonds is 3. The Morgan fingerprint density at radius 3 is 2.00 bits per heavy atom. The molecule has 0 saturated carbocycles. The van der Waals surface area contributed by atoms with E-state index < -0.39 is 0 Å². The van der Waals surface area contributed by atoms with E-state index in [1.54, 1.807) is 0 Å². The molecule has 0 atom stereocenters. The lowest BCUT2D eigenvalue weighted by Crippen LogP contribution is -2.26. The highest BCUT2D eigenvalue weighted by molar-refractivity contribution is 5.73. The Morgan fingerprint density at radius 2 is 1.86 bits per heavy atom. The number of carbonyl (C=O) groups excluding carboxylic acids is 1. The molecule has 0 aromatic carbocycles. The van der Waals surface area contributed by atoms with Gasteiger partial charge in [-0.05, 0) is 46.2 Å². The molecule has 1 saturated heterocycles. The zero-order valence-corrected chi connectivity index (χ0v) is 9.75. The van der Waals surface area contributed by atoms with E-state index in [0.717, 1.165) is 12.5 Å². The van der Waals surface area contributed by atoms with E-state index in [4.69, 9.17) is 5.73 Å². The Labute approximate surface area is 87.6 Å². The zero-order chi connectivity index (χ0) is 11.0. The van der Waals surface area contributed by atoms with Crippen molar-refractivity contribution >= 4 is 5.91 Å². The molecular weight excluding hydrogens is 176 g/mol. The van der Waals surface area contributed by atoms with Gasteiger partial charge in [0.1, 0.15) is 0 Å². The molecule has 1 amide bonds. The average Bonchev–Trinajstić information content (AvgIpc) is 2.56. The lowest BCUT2D eigenvalue weighted by atomic mass is 10.3. The molecule has 1 rings (SSSR count). The molecule has 1 fully saturated rings. The van der Waals surface area contributed by atoms with Crippen LogP contribution < -0.4 is 5.73 Å². The van der Waals surface area contributed by atoms with Crippen LogP contribution in [0.3, 0.4) is 0 Å². The van der Waals surface area contributed by atoms with Crippen LogP contribution in [0.1, 0.15) is 46.5 Å². The average molecular weight is 200 g/mol. The Kier molecular flexibility index (Phi) is 7.48. The summed E-state index contributed by atoms with van der Waals surface area (Å²) in [5, 5.41) is 0. The summed E-state index contributed by atoms with van der Waals surface area (Å²) in [6.45, 7) is 9.12. The summed E-state index contributed by atoms with van der Waals surface area (Å²) in [7, 11) is 0. The van der Waals surface area contributed by atoms with Gasteiger partial charge in [-0.25, -0.2) is 0 Å². The van der Waals surface area contributed by atoms with Crippen LogP contribution in [0.4, 0.5) is 0 Å². The minimum Gasteiger partial charge on any atom is -0.370 e. The Hall–Kier alpha value is -0.570. The lowest BCUT2D eigenvalue weighted by molar-refractivity contribution is -0.118. The smallest absolute Gasteiger partial charge is 0.217 e. The summed E-state index contributed by atoms with van der Waals surface area (Å²) >= 11 is 0. The molecular formula is C11H24N2O. The van der Waals surface area contributed by atoms with Crippen LogP contribution in [0.25, 0.3) is 0 Å². The van der Waals surface area contributed by atoms with Gasteiger partial charge in [0.05, 0.1) is 0 Å². The number of hydrogen-bond donors (Lipinski definition) is 1. The van der Waals surface area contributed by atoms with E-state index in [1.165, 1.54) is 25.9 Å². The number of carbonyl (C=O) groups is 1. The number of likely N-dealkylation sites (tertiary alicyclic amines) is 1. The first kappa shape index (κ1) is 13.4. The van der Waals surface area contributed by atoms with Crippen molar-refractivity contribution in [2.75, 3.05) is 13.1 Å². The molecule has 3 nitrogen and oxygen atoms in total. The van der Waals surface area contributed by atoms with Crippen LogP contribution in [-0.2, 0) is 4.79 Å². The molecule has 0 spiro atoms. The lowest BCUT2D eigenvalue weighted by Gasteiger charge is -2.18. The maximum Gasteiger partial charge on any atom is 0.217 e. The normalized spacial score (nSPS) is 16.6. The largest absolute Gasteiger partial charge is 0.370 e. The van der Waals surface area contributed by atoms with Crippen molar-refractivity contribution in [3.05, 3.63) is 0 Å². The van der Waals surface area contributed by atoms with E-state index in [1.807, 2.05) is 6.92 Å². The molecule has 0 aromatic rings. The maximum atomic E-state index is 9.82. The molecule has 3 heteroatoms. The predicted octanol–water partition coefficient (Wildman–Crippen LogP) is 1.76. The number of hydrogen-bond acceptors (Lipinski definition) is 2. The van der Waals surface area contributed by atoms with Gasteiger partial charge < -0.3 is 10.6 Å². The highest BCUT2D eigenvalue weighted by Gasteiger charge is 2.13. The predicted molar refractivity (Wildman–Crippen MR) is 60.0 cm³/mol. The first-order valence-corrected chi connectivity index (χ1v) is 5.60. The maximum absolute atomic E-state index is 9.82. The summed E-state index contributed by atoms with van der Waals surface area (Å²) in [4.78, 5) is 12.3. The van der Waals surface area contributed by atoms with Crippen molar-refractivity contribution in [2.45, 2.75) is 52.5 Å². The third-order valence-corrected chi connectivity index (χ3v) is 2.37. The minimum absolute atomic E-state index is 0.211. The van der Waals surface area contributed by atoms with Crippen molar-refractivity contribution < 1.29 is 4.79 Å². The molecule has 2 N–H and O–H groups in total. The fourth-order valence-corrected chi connectivity index (χ4v) is 1.50. The van der Waals surface area contributed by atoms with Gasteiger partial charge >= 0.3 is 0 Å². The van der Waals surface area contributed by atoms with Gasteiger partial charge in [0, 0.05) is 12.5 Å². The minimum atomic E-state index is -0.211. The van der Waals surface area contributed by atoms with Gasteiger partial charge in [0.25, 0.3) is 0 Å². The van der Waals surface area contributed by atoms with Gasteiger partial charge in [-0.1, -0.05) is 6.92 Å². The van der Waals surface area contributed by atoms with E-state index >= 15 is 0 Å². The molecule has 0 bridgehead atoms. The summed E-state index contributed by atoms with van der Waals surface area (Å²) in [6, 6.07) is 0.775. The summed E-state index contributed by atoms with van der Waals surface area (Å²) < 4.78 is 0. The number of nitrogens with two attached hydrogens (primary N) is 1. The van der Waals surface area contributed by atoms with E-state index in [2.05, 4.69) is 18.7 Å². The van der Waals surface area contributed by atoms with E-state index in [9.17, 15) is 4.79 Å². The second-order valence-electron chi connectivity index (χ2n) is 4.05. The quantitative estimate of drug-likeness (QED) is 0.754. The molecule has 1 heterocycles. The van der Waals surface area contributed by atoms with Crippen LogP contribution in [-0.4, -0.2) is 29.9 Å². The fraction of sp³-hybridized carbons (Fsp3) is 0.909. The number of primary amides is 1. The van der Waals surface area contributed by atoms with E-state index in [-0.39, 0.29) is 5.91 Å². The van der Waals surface area contributed by atoms with Crippen molar-refractivity contribution in [2.24, 2.45) is 5.73 Å². The highest BCUT2D eigenvalue weighted by atomic mass is 16.1. The molecule has 1 aliphatic rings. The Balaban J connectivity index is 0.000000255. The van der Waals surface area contributed by atoms with Crippen LogP contribution in [0.2, 0.25) is 0 Å². The van der Waals surface area contributed by atoms with Gasteiger partial charge in [-0.3, -0.25) is 4.79 Å². The molecule has 0 unspecified atom stereocenters. The van der Waals surface area contributed by atoms with Gasteiger partial charge in [-0.2, -0.15) is 0 Å².